The summed E-state index contributed by atoms with van der Waals surface area (Å²) in [7, 11) is 0. The Labute approximate surface area is 159 Å². The molecule has 0 spiro atoms. The minimum absolute atomic E-state index is 0.0204. The molecule has 27 heavy (non-hydrogen) atoms. The number of carbonyl (C=O) groups excluding carboxylic acids is 2. The Balaban J connectivity index is 1.90. The lowest BCUT2D eigenvalue weighted by molar-refractivity contribution is -0.123. The third kappa shape index (κ3) is 5.85. The molecule has 0 aliphatic rings. The van der Waals surface area contributed by atoms with Crippen molar-refractivity contribution in [2.75, 3.05) is 6.54 Å². The van der Waals surface area contributed by atoms with Crippen LogP contribution >= 0.6 is 11.3 Å². The molecule has 0 aliphatic carbocycles. The molecule has 1 unspecified atom stereocenters. The van der Waals surface area contributed by atoms with Gasteiger partial charge in [-0.05, 0) is 30.2 Å². The molecule has 0 aliphatic heterocycles. The van der Waals surface area contributed by atoms with Crippen molar-refractivity contribution in [3.8, 4) is 0 Å². The molecule has 144 valence electrons. The summed E-state index contributed by atoms with van der Waals surface area (Å²) in [5, 5.41) is 16.3. The Morgan fingerprint density at radius 3 is 2.44 bits per heavy atom. The fourth-order valence-electron chi connectivity index (χ4n) is 2.29. The van der Waals surface area contributed by atoms with Crippen molar-refractivity contribution in [1.82, 2.24) is 15.6 Å². The maximum atomic E-state index is 13.0. The minimum atomic E-state index is -1.09. The molecule has 1 heterocycles. The molecule has 1 atom stereocenters. The van der Waals surface area contributed by atoms with Gasteiger partial charge < -0.3 is 15.7 Å². The zero-order valence-corrected chi connectivity index (χ0v) is 15.7. The Kier molecular flexibility index (Phi) is 7.00. The van der Waals surface area contributed by atoms with E-state index in [1.807, 2.05) is 0 Å². The summed E-state index contributed by atoms with van der Waals surface area (Å²) < 4.78 is 13.0. The molecule has 3 N–H and O–H groups in total. The average molecular weight is 393 g/mol. The van der Waals surface area contributed by atoms with Crippen LogP contribution in [0.1, 0.15) is 39.7 Å². The summed E-state index contributed by atoms with van der Waals surface area (Å²) in [5.74, 6) is -2.51. The van der Waals surface area contributed by atoms with Crippen molar-refractivity contribution in [2.24, 2.45) is 5.92 Å². The molecule has 0 bridgehead atoms. The number of aromatic carboxylic acids is 1. The smallest absolute Gasteiger partial charge is 0.355 e. The third-order valence-corrected chi connectivity index (χ3v) is 4.66. The lowest BCUT2D eigenvalue weighted by Gasteiger charge is -2.21. The van der Waals surface area contributed by atoms with Crippen LogP contribution in [0, 0.1) is 11.7 Å². The fourth-order valence-corrected chi connectivity index (χ4v) is 3.06. The second kappa shape index (κ2) is 9.22. The standard InChI is InChI=1S/C18H20FN3O4S/c1-10(2)15(22-16(23)11-3-5-12(19)6-4-11)17(24)20-8-7-14-21-13(9-27-14)18(25)26/h3-6,9-10,15H,7-8H2,1-2H3,(H,20,24)(H,22,23)(H,25,26). The van der Waals surface area contributed by atoms with E-state index in [1.54, 1.807) is 13.8 Å². The van der Waals surface area contributed by atoms with E-state index in [1.165, 1.54) is 41.0 Å². The van der Waals surface area contributed by atoms with Gasteiger partial charge in [-0.15, -0.1) is 11.3 Å². The van der Waals surface area contributed by atoms with Crippen LogP contribution in [0.15, 0.2) is 29.6 Å². The molecule has 0 saturated heterocycles. The number of carbonyl (C=O) groups is 3. The van der Waals surface area contributed by atoms with Gasteiger partial charge >= 0.3 is 5.97 Å². The highest BCUT2D eigenvalue weighted by Crippen LogP contribution is 2.10. The molecular weight excluding hydrogens is 373 g/mol. The van der Waals surface area contributed by atoms with Crippen LogP contribution in [0.25, 0.3) is 0 Å². The second-order valence-corrected chi connectivity index (χ2v) is 7.12. The number of hydrogen-bond acceptors (Lipinski definition) is 5. The number of carboxylic acid groups (broad SMARTS) is 1. The second-order valence-electron chi connectivity index (χ2n) is 6.17. The summed E-state index contributed by atoms with van der Waals surface area (Å²) in [5.41, 5.74) is 0.242. The molecule has 2 rings (SSSR count). The molecule has 9 heteroatoms. The van der Waals surface area contributed by atoms with E-state index in [9.17, 15) is 18.8 Å². The molecule has 1 aromatic heterocycles. The summed E-state index contributed by atoms with van der Waals surface area (Å²) in [6.45, 7) is 3.87. The first-order chi connectivity index (χ1) is 12.8. The SMILES string of the molecule is CC(C)C(NC(=O)c1ccc(F)cc1)C(=O)NCCc1nc(C(=O)O)cs1. The molecule has 0 fully saturated rings. The first-order valence-corrected chi connectivity index (χ1v) is 9.17. The highest BCUT2D eigenvalue weighted by atomic mass is 32.1. The Bertz CT molecular complexity index is 820. The lowest BCUT2D eigenvalue weighted by atomic mass is 10.0. The summed E-state index contributed by atoms with van der Waals surface area (Å²) in [6.07, 6.45) is 0.389. The van der Waals surface area contributed by atoms with E-state index in [2.05, 4.69) is 15.6 Å². The van der Waals surface area contributed by atoms with Crippen LogP contribution in [0.2, 0.25) is 0 Å². The van der Waals surface area contributed by atoms with Crippen molar-refractivity contribution in [3.63, 3.8) is 0 Å². The fraction of sp³-hybridized carbons (Fsp3) is 0.333. The molecule has 0 saturated carbocycles. The average Bonchev–Trinajstić information content (AvgIpc) is 3.09. The number of rotatable bonds is 8. The Morgan fingerprint density at radius 2 is 1.89 bits per heavy atom. The molecule has 2 amide bonds. The van der Waals surface area contributed by atoms with Crippen molar-refractivity contribution in [2.45, 2.75) is 26.3 Å². The number of nitrogens with one attached hydrogen (secondary N) is 2. The van der Waals surface area contributed by atoms with Gasteiger partial charge in [0.2, 0.25) is 5.91 Å². The third-order valence-electron chi connectivity index (χ3n) is 3.75. The number of thiazole rings is 1. The minimum Gasteiger partial charge on any atom is -0.476 e. The van der Waals surface area contributed by atoms with Crippen LogP contribution in [-0.4, -0.2) is 40.5 Å². The molecule has 2 aromatic rings. The molecule has 0 radical (unpaired) electrons. The van der Waals surface area contributed by atoms with Crippen LogP contribution in [0.4, 0.5) is 4.39 Å². The van der Waals surface area contributed by atoms with Crippen molar-refractivity contribution >= 4 is 29.1 Å². The quantitative estimate of drug-likeness (QED) is 0.636. The highest BCUT2D eigenvalue weighted by molar-refractivity contribution is 7.09. The number of hydrogen-bond donors (Lipinski definition) is 3. The molecule has 7 nitrogen and oxygen atoms in total. The van der Waals surface area contributed by atoms with E-state index in [0.717, 1.165) is 0 Å². The zero-order valence-electron chi connectivity index (χ0n) is 14.9. The first-order valence-electron chi connectivity index (χ1n) is 8.29. The van der Waals surface area contributed by atoms with Crippen molar-refractivity contribution in [3.05, 3.63) is 51.7 Å². The van der Waals surface area contributed by atoms with Gasteiger partial charge in [0, 0.05) is 23.9 Å². The van der Waals surface area contributed by atoms with Gasteiger partial charge in [0.05, 0.1) is 5.01 Å². The summed E-state index contributed by atoms with van der Waals surface area (Å²) in [4.78, 5) is 39.4. The normalized spacial score (nSPS) is 11.9. The largest absolute Gasteiger partial charge is 0.476 e. The number of nitrogens with zero attached hydrogens (tertiary/aromatic N) is 1. The summed E-state index contributed by atoms with van der Waals surface area (Å²) >= 11 is 1.21. The monoisotopic (exact) mass is 393 g/mol. The van der Waals surface area contributed by atoms with Gasteiger partial charge in [-0.25, -0.2) is 14.2 Å². The van der Waals surface area contributed by atoms with E-state index in [-0.39, 0.29) is 29.6 Å². The van der Waals surface area contributed by atoms with Gasteiger partial charge in [0.25, 0.3) is 5.91 Å². The number of carboxylic acids is 1. The number of amides is 2. The first kappa shape index (κ1) is 20.5. The van der Waals surface area contributed by atoms with Gasteiger partial charge in [0.15, 0.2) is 5.69 Å². The van der Waals surface area contributed by atoms with Crippen LogP contribution < -0.4 is 10.6 Å². The van der Waals surface area contributed by atoms with Crippen molar-refractivity contribution in [1.29, 1.82) is 0 Å². The topological polar surface area (TPSA) is 108 Å². The van der Waals surface area contributed by atoms with E-state index in [0.29, 0.717) is 11.4 Å². The Hall–Kier alpha value is -2.81. The lowest BCUT2D eigenvalue weighted by Crippen LogP contribution is -2.50. The van der Waals surface area contributed by atoms with E-state index < -0.39 is 23.7 Å². The Morgan fingerprint density at radius 1 is 1.22 bits per heavy atom. The predicted octanol–water partition coefficient (Wildman–Crippen LogP) is 2.09. The number of halogens is 1. The van der Waals surface area contributed by atoms with E-state index >= 15 is 0 Å². The van der Waals surface area contributed by atoms with Gasteiger partial charge in [-0.3, -0.25) is 9.59 Å². The van der Waals surface area contributed by atoms with Crippen LogP contribution in [0.5, 0.6) is 0 Å². The van der Waals surface area contributed by atoms with Crippen LogP contribution in [-0.2, 0) is 11.2 Å². The van der Waals surface area contributed by atoms with Gasteiger partial charge in [0.1, 0.15) is 11.9 Å². The van der Waals surface area contributed by atoms with Gasteiger partial charge in [-0.1, -0.05) is 13.8 Å². The number of aromatic nitrogens is 1. The van der Waals surface area contributed by atoms with E-state index in [4.69, 9.17) is 5.11 Å². The highest BCUT2D eigenvalue weighted by Gasteiger charge is 2.24. The maximum Gasteiger partial charge on any atom is 0.355 e. The molecule has 1 aromatic carbocycles. The maximum absolute atomic E-state index is 13.0. The van der Waals surface area contributed by atoms with Crippen LogP contribution in [0.3, 0.4) is 0 Å². The zero-order chi connectivity index (χ0) is 20.0. The predicted molar refractivity (Wildman–Crippen MR) is 98.3 cm³/mol. The summed E-state index contributed by atoms with van der Waals surface area (Å²) in [6, 6.07) is 4.30. The number of benzene rings is 1. The van der Waals surface area contributed by atoms with Gasteiger partial charge in [-0.2, -0.15) is 0 Å². The van der Waals surface area contributed by atoms with Crippen molar-refractivity contribution < 1.29 is 23.9 Å². The molecular formula is C18H20FN3O4S.